The molecule has 0 saturated heterocycles. The van der Waals surface area contributed by atoms with Crippen LogP contribution in [0.1, 0.15) is 38.8 Å². The molecule has 4 rings (SSSR count). The number of nitrogens with one attached hydrogen (secondary N) is 1. The summed E-state index contributed by atoms with van der Waals surface area (Å²) in [6, 6.07) is 21.0. The van der Waals surface area contributed by atoms with Crippen LogP contribution in [0.5, 0.6) is 11.5 Å². The van der Waals surface area contributed by atoms with Crippen molar-refractivity contribution in [3.63, 3.8) is 0 Å². The molecule has 0 spiro atoms. The van der Waals surface area contributed by atoms with Crippen LogP contribution in [0.15, 0.2) is 72.8 Å². The molecule has 3 aromatic carbocycles. The van der Waals surface area contributed by atoms with Crippen molar-refractivity contribution >= 4 is 28.5 Å². The molecule has 2 amide bonds. The van der Waals surface area contributed by atoms with E-state index in [1.807, 2.05) is 61.5 Å². The highest BCUT2D eigenvalue weighted by atomic mass is 16.5. The lowest BCUT2D eigenvalue weighted by molar-refractivity contribution is -0.127. The van der Waals surface area contributed by atoms with Crippen molar-refractivity contribution in [1.82, 2.24) is 20.3 Å². The number of rotatable bonds is 12. The summed E-state index contributed by atoms with van der Waals surface area (Å²) in [6.45, 7) is 6.95. The third-order valence-electron chi connectivity index (χ3n) is 6.34. The van der Waals surface area contributed by atoms with Crippen molar-refractivity contribution in [1.29, 1.82) is 0 Å². The van der Waals surface area contributed by atoms with Gasteiger partial charge < -0.3 is 14.8 Å². The summed E-state index contributed by atoms with van der Waals surface area (Å²) in [5, 5.41) is 11.4. The molecule has 0 aliphatic heterocycles. The lowest BCUT2D eigenvalue weighted by atomic mass is 10.0. The van der Waals surface area contributed by atoms with Gasteiger partial charge in [-0.15, -0.1) is 5.10 Å². The smallest absolute Gasteiger partial charge is 0.249 e. The largest absolute Gasteiger partial charge is 0.493 e. The number of carbonyl (C=O) groups is 2. The summed E-state index contributed by atoms with van der Waals surface area (Å²) < 4.78 is 12.8. The molecule has 9 heteroatoms. The van der Waals surface area contributed by atoms with Gasteiger partial charge in [0.25, 0.3) is 0 Å². The Morgan fingerprint density at radius 2 is 1.74 bits per heavy atom. The van der Waals surface area contributed by atoms with Gasteiger partial charge in [-0.05, 0) is 61.2 Å². The van der Waals surface area contributed by atoms with Crippen molar-refractivity contribution in [2.24, 2.45) is 5.92 Å². The number of anilines is 1. The van der Waals surface area contributed by atoms with Crippen molar-refractivity contribution < 1.29 is 19.1 Å². The minimum absolute atomic E-state index is 0.0979. The monoisotopic (exact) mass is 529 g/mol. The Labute approximate surface area is 228 Å². The molecule has 0 radical (unpaired) electrons. The maximum Gasteiger partial charge on any atom is 0.249 e. The molecule has 9 nitrogen and oxygen atoms in total. The maximum absolute atomic E-state index is 14.1. The predicted molar refractivity (Wildman–Crippen MR) is 151 cm³/mol. The van der Waals surface area contributed by atoms with Gasteiger partial charge in [-0.1, -0.05) is 55.5 Å². The Balaban J connectivity index is 1.78. The molecular weight excluding hydrogens is 494 g/mol. The van der Waals surface area contributed by atoms with E-state index in [1.54, 1.807) is 30.0 Å². The van der Waals surface area contributed by atoms with Gasteiger partial charge in [0.05, 0.1) is 19.2 Å². The Hall–Kier alpha value is -4.40. The minimum atomic E-state index is -0.966. The van der Waals surface area contributed by atoms with Gasteiger partial charge in [-0.2, -0.15) is 0 Å². The van der Waals surface area contributed by atoms with Crippen LogP contribution in [0, 0.1) is 5.92 Å². The highest BCUT2D eigenvalue weighted by Crippen LogP contribution is 2.35. The molecule has 0 bridgehead atoms. The van der Waals surface area contributed by atoms with Crippen molar-refractivity contribution in [3.8, 4) is 11.5 Å². The van der Waals surface area contributed by atoms with Crippen molar-refractivity contribution in [3.05, 3.63) is 78.4 Å². The number of nitrogens with zero attached hydrogens (tertiary/aromatic N) is 4. The average Bonchev–Trinajstić information content (AvgIpc) is 3.34. The fraction of sp³-hybridized carbons (Fsp3) is 0.333. The van der Waals surface area contributed by atoms with E-state index in [0.29, 0.717) is 47.3 Å². The zero-order valence-corrected chi connectivity index (χ0v) is 22.8. The topological polar surface area (TPSA) is 98.6 Å². The molecule has 4 aromatic rings. The van der Waals surface area contributed by atoms with E-state index in [2.05, 4.69) is 29.5 Å². The number of carbonyl (C=O) groups excluding carboxylic acids is 2. The van der Waals surface area contributed by atoms with Crippen LogP contribution in [0.3, 0.4) is 0 Å². The molecule has 0 aliphatic rings. The standard InChI is InChI=1S/C30H35N5O4/c1-5-39-26-16-15-22(19-27(26)38-4)29(30(37)31-18-17-21(2)3)35(23-11-7-6-8-12-23)28(36)20-34-25-14-10-9-13-24(25)32-33-34/h6-16,19,21,29H,5,17-18,20H2,1-4H3,(H,31,37)/t29-/m0/s1. The Bertz CT molecular complexity index is 1400. The molecule has 1 N–H and O–H groups in total. The normalized spacial score (nSPS) is 11.8. The number of para-hydroxylation sites is 2. The number of hydrogen-bond acceptors (Lipinski definition) is 6. The number of ether oxygens (including phenoxy) is 2. The van der Waals surface area contributed by atoms with Gasteiger partial charge in [-0.25, -0.2) is 4.68 Å². The summed E-state index contributed by atoms with van der Waals surface area (Å²) in [5.74, 6) is 0.865. The second-order valence-corrected chi connectivity index (χ2v) is 9.55. The summed E-state index contributed by atoms with van der Waals surface area (Å²) in [6.07, 6.45) is 0.815. The first-order valence-electron chi connectivity index (χ1n) is 13.2. The van der Waals surface area contributed by atoms with Crippen LogP contribution >= 0.6 is 0 Å². The third-order valence-corrected chi connectivity index (χ3v) is 6.34. The van der Waals surface area contributed by atoms with E-state index in [1.165, 1.54) is 4.90 Å². The van der Waals surface area contributed by atoms with E-state index in [-0.39, 0.29) is 18.4 Å². The van der Waals surface area contributed by atoms with Crippen LogP contribution in [0.2, 0.25) is 0 Å². The number of methoxy groups -OCH3 is 1. The zero-order valence-electron chi connectivity index (χ0n) is 22.8. The average molecular weight is 530 g/mol. The van der Waals surface area contributed by atoms with Crippen LogP contribution < -0.4 is 19.7 Å². The molecule has 204 valence electrons. The van der Waals surface area contributed by atoms with E-state index < -0.39 is 6.04 Å². The Morgan fingerprint density at radius 3 is 2.46 bits per heavy atom. The molecule has 1 atom stereocenters. The Kier molecular flexibility index (Phi) is 9.14. The number of aromatic nitrogens is 3. The van der Waals surface area contributed by atoms with E-state index in [0.717, 1.165) is 11.9 Å². The molecule has 0 fully saturated rings. The summed E-state index contributed by atoms with van der Waals surface area (Å²) in [7, 11) is 1.55. The fourth-order valence-corrected chi connectivity index (χ4v) is 4.39. The highest BCUT2D eigenvalue weighted by molar-refractivity contribution is 6.01. The van der Waals surface area contributed by atoms with Gasteiger partial charge in [0.1, 0.15) is 18.1 Å². The predicted octanol–water partition coefficient (Wildman–Crippen LogP) is 4.78. The Morgan fingerprint density at radius 1 is 1.00 bits per heavy atom. The minimum Gasteiger partial charge on any atom is -0.493 e. The second-order valence-electron chi connectivity index (χ2n) is 9.55. The van der Waals surface area contributed by atoms with Crippen LogP contribution in [0.4, 0.5) is 5.69 Å². The molecule has 0 aliphatic carbocycles. The summed E-state index contributed by atoms with van der Waals surface area (Å²) >= 11 is 0. The van der Waals surface area contributed by atoms with Gasteiger partial charge in [0, 0.05) is 12.2 Å². The lowest BCUT2D eigenvalue weighted by Gasteiger charge is -2.32. The van der Waals surface area contributed by atoms with Crippen molar-refractivity contribution in [2.45, 2.75) is 39.8 Å². The van der Waals surface area contributed by atoms with E-state index in [9.17, 15) is 9.59 Å². The molecule has 0 unspecified atom stereocenters. The van der Waals surface area contributed by atoms with Gasteiger partial charge in [0.2, 0.25) is 11.8 Å². The first-order chi connectivity index (χ1) is 18.9. The molecular formula is C30H35N5O4. The molecule has 39 heavy (non-hydrogen) atoms. The van der Waals surface area contributed by atoms with Crippen molar-refractivity contribution in [2.75, 3.05) is 25.2 Å². The summed E-state index contributed by atoms with van der Waals surface area (Å²) in [4.78, 5) is 29.5. The first kappa shape index (κ1) is 27.6. The summed E-state index contributed by atoms with van der Waals surface area (Å²) in [5.41, 5.74) is 2.61. The number of benzene rings is 3. The van der Waals surface area contributed by atoms with E-state index >= 15 is 0 Å². The number of fused-ring (bicyclic) bond motifs is 1. The van der Waals surface area contributed by atoms with E-state index in [4.69, 9.17) is 9.47 Å². The maximum atomic E-state index is 14.1. The molecule has 1 heterocycles. The van der Waals surface area contributed by atoms with Gasteiger partial charge in [-0.3, -0.25) is 14.5 Å². The fourth-order valence-electron chi connectivity index (χ4n) is 4.39. The zero-order chi connectivity index (χ0) is 27.8. The van der Waals surface area contributed by atoms with Crippen LogP contribution in [-0.2, 0) is 16.1 Å². The number of amides is 2. The second kappa shape index (κ2) is 12.9. The lowest BCUT2D eigenvalue weighted by Crippen LogP contribution is -2.45. The molecule has 0 saturated carbocycles. The molecule has 1 aromatic heterocycles. The van der Waals surface area contributed by atoms with Gasteiger partial charge >= 0.3 is 0 Å². The number of hydrogen-bond donors (Lipinski definition) is 1. The quantitative estimate of drug-likeness (QED) is 0.284. The SMILES string of the molecule is CCOc1ccc([C@@H](C(=O)NCCC(C)C)N(C(=O)Cn2nnc3ccccc32)c2ccccc2)cc1OC. The first-order valence-corrected chi connectivity index (χ1v) is 13.2. The highest BCUT2D eigenvalue weighted by Gasteiger charge is 2.34. The third kappa shape index (κ3) is 6.54. The van der Waals surface area contributed by atoms with Crippen LogP contribution in [0.25, 0.3) is 11.0 Å². The van der Waals surface area contributed by atoms with Crippen LogP contribution in [-0.4, -0.2) is 47.1 Å². The van der Waals surface area contributed by atoms with Gasteiger partial charge in [0.15, 0.2) is 11.5 Å².